The molecule has 0 bridgehead atoms. The van der Waals surface area contributed by atoms with Gasteiger partial charge in [0, 0.05) is 29.0 Å². The number of carbonyl (C=O) groups is 4. The molecule has 2 aliphatic carbocycles. The Balaban J connectivity index is 1.57. The van der Waals surface area contributed by atoms with E-state index in [-0.39, 0.29) is 19.4 Å². The molecule has 2 saturated carbocycles. The van der Waals surface area contributed by atoms with Gasteiger partial charge in [-0.05, 0) is 62.1 Å². The number of benzene rings is 2. The molecule has 2 aromatic carbocycles. The smallest absolute Gasteiger partial charge is 0.408 e. The van der Waals surface area contributed by atoms with E-state index in [1.165, 1.54) is 11.0 Å². The van der Waals surface area contributed by atoms with E-state index in [1.807, 2.05) is 61.5 Å². The Hall–Kier alpha value is -4.17. The molecule has 0 radical (unpaired) electrons. The fraction of sp³-hybridized carbons (Fsp3) is 0.537. The maximum atomic E-state index is 14.9. The molecule has 2 unspecified atom stereocenters. The third kappa shape index (κ3) is 9.28. The maximum Gasteiger partial charge on any atom is 0.408 e. The minimum atomic E-state index is -3.99. The summed E-state index contributed by atoms with van der Waals surface area (Å²) in [5.41, 5.74) is -0.727. The molecular weight excluding hydrogens is 741 g/mol. The van der Waals surface area contributed by atoms with E-state index >= 15 is 0 Å². The van der Waals surface area contributed by atoms with E-state index in [9.17, 15) is 31.8 Å². The van der Waals surface area contributed by atoms with Gasteiger partial charge in [0.25, 0.3) is 21.2 Å². The second kappa shape index (κ2) is 15.8. The predicted molar refractivity (Wildman–Crippen MR) is 213 cm³/mol. The summed E-state index contributed by atoms with van der Waals surface area (Å²) in [7, 11) is -5.58. The first-order chi connectivity index (χ1) is 25.7. The van der Waals surface area contributed by atoms with Crippen LogP contribution in [0.15, 0.2) is 67.3 Å². The minimum absolute atomic E-state index is 0.0549. The number of hydrogen-bond donors (Lipinski definition) is 3. The summed E-state index contributed by atoms with van der Waals surface area (Å²) in [6.07, 6.45) is 4.03. The van der Waals surface area contributed by atoms with Crippen LogP contribution >= 0.6 is 0 Å². The van der Waals surface area contributed by atoms with Crippen LogP contribution in [0.25, 0.3) is 11.1 Å². The normalized spacial score (nSPS) is 25.8. The Bertz CT molecular complexity index is 1920. The first kappa shape index (κ1) is 42.0. The number of nitrogens with one attached hydrogen (secondary N) is 3. The molecule has 1 aliphatic heterocycles. The number of hydrogen-bond acceptors (Lipinski definition) is 8. The lowest BCUT2D eigenvalue weighted by Crippen LogP contribution is -2.60. The summed E-state index contributed by atoms with van der Waals surface area (Å²) >= 11 is 0. The van der Waals surface area contributed by atoms with Gasteiger partial charge in [0.1, 0.15) is 36.1 Å². The zero-order valence-electron chi connectivity index (χ0n) is 32.8. The average Bonchev–Trinajstić information content (AvgIpc) is 4.05. The van der Waals surface area contributed by atoms with Crippen LogP contribution < -0.4 is 15.4 Å². The third-order valence-corrected chi connectivity index (χ3v) is 14.1. The molecule has 14 heteroatoms. The van der Waals surface area contributed by atoms with E-state index in [1.54, 1.807) is 48.0 Å². The van der Waals surface area contributed by atoms with Gasteiger partial charge in [0.15, 0.2) is 0 Å². The summed E-state index contributed by atoms with van der Waals surface area (Å²) in [5, 5.41) is 4.78. The van der Waals surface area contributed by atoms with E-state index in [4.69, 9.17) is 4.74 Å². The molecule has 4 amide bonds. The largest absolute Gasteiger partial charge is 0.444 e. The Morgan fingerprint density at radius 1 is 1.02 bits per heavy atom. The maximum absolute atomic E-state index is 14.9. The Labute approximate surface area is 328 Å². The number of unbranched alkanes of at least 4 members (excludes halogenated alkanes) is 1. The van der Waals surface area contributed by atoms with Gasteiger partial charge in [-0.15, -0.1) is 6.58 Å². The number of sulfonamides is 1. The fourth-order valence-electron chi connectivity index (χ4n) is 7.09. The van der Waals surface area contributed by atoms with Gasteiger partial charge in [-0.1, -0.05) is 94.8 Å². The van der Waals surface area contributed by atoms with Gasteiger partial charge < -0.3 is 20.3 Å². The highest BCUT2D eigenvalue weighted by atomic mass is 32.2. The van der Waals surface area contributed by atoms with E-state index in [0.717, 1.165) is 17.5 Å². The van der Waals surface area contributed by atoms with Crippen LogP contribution in [0.4, 0.5) is 4.79 Å². The molecule has 3 fully saturated rings. The zero-order valence-corrected chi connectivity index (χ0v) is 34.5. The molecule has 12 nitrogen and oxygen atoms in total. The van der Waals surface area contributed by atoms with Gasteiger partial charge in [-0.25, -0.2) is 17.9 Å². The summed E-state index contributed by atoms with van der Waals surface area (Å²) in [6, 6.07) is 15.0. The number of rotatable bonds is 14. The van der Waals surface area contributed by atoms with Crippen LogP contribution in [0.3, 0.4) is 0 Å². The van der Waals surface area contributed by atoms with Crippen molar-refractivity contribution in [2.75, 3.05) is 12.3 Å². The van der Waals surface area contributed by atoms with Crippen molar-refractivity contribution in [3.8, 4) is 11.1 Å². The van der Waals surface area contributed by atoms with Crippen molar-refractivity contribution < 1.29 is 36.5 Å². The van der Waals surface area contributed by atoms with Gasteiger partial charge in [-0.3, -0.25) is 18.6 Å². The first-order valence-corrected chi connectivity index (χ1v) is 21.7. The number of likely N-dealkylation sites (tertiary alicyclic amines) is 1. The molecule has 0 aromatic heterocycles. The van der Waals surface area contributed by atoms with Crippen molar-refractivity contribution in [2.45, 2.75) is 114 Å². The van der Waals surface area contributed by atoms with Crippen molar-refractivity contribution in [1.29, 1.82) is 0 Å². The van der Waals surface area contributed by atoms with Crippen LogP contribution in [0.2, 0.25) is 0 Å². The third-order valence-electron chi connectivity index (χ3n) is 10.4. The van der Waals surface area contributed by atoms with E-state index in [0.29, 0.717) is 24.2 Å². The summed E-state index contributed by atoms with van der Waals surface area (Å²) in [6.45, 7) is 16.1. The van der Waals surface area contributed by atoms with Crippen molar-refractivity contribution in [2.24, 2.45) is 11.3 Å². The lowest BCUT2D eigenvalue weighted by molar-refractivity contribution is -0.143. The quantitative estimate of drug-likeness (QED) is 0.175. The van der Waals surface area contributed by atoms with Gasteiger partial charge in [0.2, 0.25) is 11.8 Å². The molecule has 55 heavy (non-hydrogen) atoms. The molecular formula is C41H55N4O8S2+. The molecule has 5 rings (SSSR count). The van der Waals surface area contributed by atoms with Crippen LogP contribution in [0, 0.1) is 17.8 Å². The molecule has 7 atom stereocenters. The Morgan fingerprint density at radius 2 is 1.64 bits per heavy atom. The van der Waals surface area contributed by atoms with E-state index in [2.05, 4.69) is 21.9 Å². The van der Waals surface area contributed by atoms with Gasteiger partial charge in [-0.2, -0.15) is 0 Å². The number of alkyl carbamates (subject to hydrolysis) is 1. The summed E-state index contributed by atoms with van der Waals surface area (Å²) < 4.78 is 46.7. The molecule has 3 N–H and O–H groups in total. The average molecular weight is 796 g/mol. The van der Waals surface area contributed by atoms with Crippen LogP contribution in [-0.2, 0) is 44.7 Å². The summed E-state index contributed by atoms with van der Waals surface area (Å²) in [5.74, 6) is -2.42. The van der Waals surface area contributed by atoms with Crippen molar-refractivity contribution in [3.05, 3.63) is 79.2 Å². The second-order valence-corrected chi connectivity index (χ2v) is 20.7. The van der Waals surface area contributed by atoms with E-state index < -0.39 is 89.2 Å². The number of amides is 4. The molecule has 1 saturated heterocycles. The van der Waals surface area contributed by atoms with Crippen molar-refractivity contribution in [1.82, 2.24) is 20.3 Å². The Morgan fingerprint density at radius 3 is 2.16 bits per heavy atom. The van der Waals surface area contributed by atoms with Crippen LogP contribution in [0.1, 0.15) is 86.1 Å². The lowest BCUT2D eigenvalue weighted by atomic mass is 9.85. The predicted octanol–water partition coefficient (Wildman–Crippen LogP) is 5.12. The second-order valence-electron chi connectivity index (χ2n) is 17.0. The standard InChI is InChI=1S/C41H54N4O8S2/c1-9-11-23-54(50)40(30-19-17-28(18-20-30)27-15-13-12-14-16-27)25-32(45(26-40)35(47)33(38(3,4)5)42-37(49)53-39(6,7)8)34(46)43-41(24-29(41)10-2)36(48)44-55(51,52)31-21-22-31/h10,12-21,29,31-33H,2,9,11,22-26H2,1,3-8H3,(H2-,42,43,44,46,48,49)/p+1/t29-,31?,32+,33-,40+,41-,54?/m1/s1. The first-order valence-electron chi connectivity index (χ1n) is 18.9. The monoisotopic (exact) mass is 795 g/mol. The molecule has 298 valence electrons. The van der Waals surface area contributed by atoms with Crippen molar-refractivity contribution in [3.63, 3.8) is 0 Å². The lowest BCUT2D eigenvalue weighted by Gasteiger charge is -2.36. The number of ether oxygens (including phenoxy) is 1. The highest BCUT2D eigenvalue weighted by Crippen LogP contribution is 2.47. The molecule has 1 heterocycles. The SMILES string of the molecule is C=C[C@@H]1C[C@]1(NC(=O)[C@@H]1C[C@](c2ccc(-c3ccccc3)cc2)(S(=O)CCCC)CN1C(=O)[C@@H](NC(=O)OC(C)(C)C)C(C)(C)C)C(=O)NS(=O)(=O)C1[CH+]C1. The minimum Gasteiger partial charge on any atom is -0.444 e. The van der Waals surface area contributed by atoms with Gasteiger partial charge >= 0.3 is 6.09 Å². The fourth-order valence-corrected chi connectivity index (χ4v) is 10.3. The molecule has 0 spiro atoms. The molecule has 3 aliphatic rings. The number of carbonyl (C=O) groups excluding carboxylic acids is 4. The number of nitrogens with zero attached hydrogens (tertiary/aromatic N) is 1. The topological polar surface area (TPSA) is 168 Å². The van der Waals surface area contributed by atoms with Crippen LogP contribution in [0.5, 0.6) is 0 Å². The summed E-state index contributed by atoms with van der Waals surface area (Å²) in [4.78, 5) is 57.8. The van der Waals surface area contributed by atoms with Crippen LogP contribution in [-0.4, -0.2) is 82.1 Å². The highest BCUT2D eigenvalue weighted by molar-refractivity contribution is 7.91. The van der Waals surface area contributed by atoms with Gasteiger partial charge in [0.05, 0.1) is 4.75 Å². The Kier molecular flexibility index (Phi) is 12.0. The van der Waals surface area contributed by atoms with Crippen molar-refractivity contribution >= 4 is 44.6 Å². The highest BCUT2D eigenvalue weighted by Gasteiger charge is 2.64. The molecule has 2 aromatic rings. The zero-order chi connectivity index (χ0) is 40.6.